The van der Waals surface area contributed by atoms with Crippen molar-refractivity contribution in [3.63, 3.8) is 0 Å². The second-order valence-corrected chi connectivity index (χ2v) is 8.55. The number of benzene rings is 1. The van der Waals surface area contributed by atoms with Crippen LogP contribution in [0.5, 0.6) is 0 Å². The lowest BCUT2D eigenvalue weighted by molar-refractivity contribution is 0.635. The van der Waals surface area contributed by atoms with E-state index in [1.807, 2.05) is 18.2 Å². The van der Waals surface area contributed by atoms with Gasteiger partial charge in [-0.2, -0.15) is 0 Å². The average molecular weight is 396 g/mol. The highest BCUT2D eigenvalue weighted by Gasteiger charge is 2.29. The molecule has 0 unspecified atom stereocenters. The van der Waals surface area contributed by atoms with Crippen LogP contribution < -0.4 is 5.56 Å². The summed E-state index contributed by atoms with van der Waals surface area (Å²) in [7, 11) is 0. The Morgan fingerprint density at radius 1 is 1.19 bits per heavy atom. The smallest absolute Gasteiger partial charge is 0.258 e. The fourth-order valence-corrected chi connectivity index (χ4v) is 4.73. The predicted molar refractivity (Wildman–Crippen MR) is 107 cm³/mol. The maximum atomic E-state index is 12.2. The first-order valence-corrected chi connectivity index (χ1v) is 10.7. The van der Waals surface area contributed by atoms with E-state index in [-0.39, 0.29) is 5.56 Å². The van der Waals surface area contributed by atoms with Crippen LogP contribution in [-0.4, -0.2) is 24.7 Å². The molecule has 1 aliphatic carbocycles. The van der Waals surface area contributed by atoms with Gasteiger partial charge in [-0.3, -0.25) is 4.79 Å². The zero-order valence-corrected chi connectivity index (χ0v) is 16.1. The van der Waals surface area contributed by atoms with Gasteiger partial charge in [-0.1, -0.05) is 30.0 Å². The van der Waals surface area contributed by atoms with E-state index in [9.17, 15) is 4.79 Å². The quantitative estimate of drug-likeness (QED) is 0.503. The Hall–Kier alpha value is -2.45. The maximum absolute atomic E-state index is 12.2. The Kier molecular flexibility index (Phi) is 4.29. The number of fused-ring (bicyclic) bond motifs is 1. The molecule has 1 aromatic carbocycles. The predicted octanol–water partition coefficient (Wildman–Crippen LogP) is 3.79. The van der Waals surface area contributed by atoms with Gasteiger partial charge in [0, 0.05) is 17.3 Å². The third-order valence-corrected chi connectivity index (χ3v) is 6.39. The van der Waals surface area contributed by atoms with Gasteiger partial charge in [0.2, 0.25) is 0 Å². The molecule has 27 heavy (non-hydrogen) atoms. The highest BCUT2D eigenvalue weighted by molar-refractivity contribution is 7.98. The van der Waals surface area contributed by atoms with Crippen LogP contribution >= 0.6 is 23.1 Å². The highest BCUT2D eigenvalue weighted by Crippen LogP contribution is 2.39. The zero-order chi connectivity index (χ0) is 18.2. The largest absolute Gasteiger partial charge is 0.309 e. The molecular formula is C19H17N5OS2. The van der Waals surface area contributed by atoms with Crippen molar-refractivity contribution in [1.29, 1.82) is 0 Å². The topological polar surface area (TPSA) is 76.5 Å². The molecule has 0 radical (unpaired) electrons. The van der Waals surface area contributed by atoms with Crippen molar-refractivity contribution in [3.8, 4) is 0 Å². The molecule has 0 saturated heterocycles. The lowest BCUT2D eigenvalue weighted by Crippen LogP contribution is -2.11. The van der Waals surface area contributed by atoms with Crippen LogP contribution in [0, 0.1) is 0 Å². The van der Waals surface area contributed by atoms with Gasteiger partial charge in [0.25, 0.3) is 5.56 Å². The van der Waals surface area contributed by atoms with Gasteiger partial charge < -0.3 is 9.55 Å². The first-order valence-electron chi connectivity index (χ1n) is 8.85. The molecule has 0 spiro atoms. The second-order valence-electron chi connectivity index (χ2n) is 6.57. The van der Waals surface area contributed by atoms with E-state index < -0.39 is 0 Å². The third-order valence-electron chi connectivity index (χ3n) is 4.56. The van der Waals surface area contributed by atoms with Crippen molar-refractivity contribution in [3.05, 3.63) is 68.7 Å². The summed E-state index contributed by atoms with van der Waals surface area (Å²) in [6.45, 7) is 0. The van der Waals surface area contributed by atoms with Crippen molar-refractivity contribution in [2.45, 2.75) is 36.2 Å². The van der Waals surface area contributed by atoms with Crippen LogP contribution in [0.4, 0.5) is 0 Å². The van der Waals surface area contributed by atoms with Gasteiger partial charge in [-0.05, 0) is 36.4 Å². The first kappa shape index (κ1) is 16.7. The maximum Gasteiger partial charge on any atom is 0.258 e. The molecule has 1 fully saturated rings. The van der Waals surface area contributed by atoms with Crippen LogP contribution in [0.15, 0.2) is 51.7 Å². The third kappa shape index (κ3) is 3.42. The molecule has 1 N–H and O–H groups in total. The number of hydrogen-bond acceptors (Lipinski definition) is 6. The van der Waals surface area contributed by atoms with E-state index in [4.69, 9.17) is 0 Å². The standard InChI is InChI=1S/C19H17N5OS2/c25-18-14-5-1-2-6-15(14)20-16(21-18)11-27-19-23-22-17(24(19)12-7-8-12)10-13-4-3-9-26-13/h1-6,9,12H,7-8,10-11H2,(H,20,21,25). The molecular weight excluding hydrogens is 378 g/mol. The Morgan fingerprint density at radius 3 is 2.89 bits per heavy atom. The fourth-order valence-electron chi connectivity index (χ4n) is 3.13. The van der Waals surface area contributed by atoms with Crippen LogP contribution in [0.1, 0.15) is 35.4 Å². The number of nitrogens with zero attached hydrogens (tertiary/aromatic N) is 4. The number of aromatic nitrogens is 5. The Balaban J connectivity index is 1.40. The van der Waals surface area contributed by atoms with Gasteiger partial charge in [0.15, 0.2) is 5.16 Å². The van der Waals surface area contributed by atoms with E-state index in [0.29, 0.717) is 23.0 Å². The molecule has 0 amide bonds. The molecule has 1 saturated carbocycles. The summed E-state index contributed by atoms with van der Waals surface area (Å²) in [5, 5.41) is 12.5. The fraction of sp³-hybridized carbons (Fsp3) is 0.263. The molecule has 1 aliphatic rings. The number of thioether (sulfide) groups is 1. The van der Waals surface area contributed by atoms with Gasteiger partial charge in [0.05, 0.1) is 16.7 Å². The summed E-state index contributed by atoms with van der Waals surface area (Å²) in [5.74, 6) is 2.24. The Labute approximate surface area is 163 Å². The lowest BCUT2D eigenvalue weighted by Gasteiger charge is -2.08. The molecule has 3 aromatic heterocycles. The molecule has 136 valence electrons. The molecule has 5 rings (SSSR count). The minimum Gasteiger partial charge on any atom is -0.309 e. The molecule has 3 heterocycles. The SMILES string of the molecule is O=c1[nH]c(CSc2nnc(Cc3cccs3)n2C2CC2)nc2ccccc12. The number of nitrogens with one attached hydrogen (secondary N) is 1. The molecule has 0 bridgehead atoms. The number of para-hydroxylation sites is 1. The van der Waals surface area contributed by atoms with Crippen molar-refractivity contribution in [2.75, 3.05) is 0 Å². The number of hydrogen-bond donors (Lipinski definition) is 1. The summed E-state index contributed by atoms with van der Waals surface area (Å²) in [6, 6.07) is 12.1. The molecule has 0 aliphatic heterocycles. The van der Waals surface area contributed by atoms with Crippen molar-refractivity contribution >= 4 is 34.0 Å². The molecule has 6 nitrogen and oxygen atoms in total. The van der Waals surface area contributed by atoms with Crippen LogP contribution in [0.3, 0.4) is 0 Å². The van der Waals surface area contributed by atoms with E-state index in [1.54, 1.807) is 29.2 Å². The van der Waals surface area contributed by atoms with E-state index >= 15 is 0 Å². The van der Waals surface area contributed by atoms with Crippen molar-refractivity contribution < 1.29 is 0 Å². The summed E-state index contributed by atoms with van der Waals surface area (Å²) in [6.07, 6.45) is 3.16. The highest BCUT2D eigenvalue weighted by atomic mass is 32.2. The van der Waals surface area contributed by atoms with Gasteiger partial charge in [0.1, 0.15) is 11.6 Å². The van der Waals surface area contributed by atoms with Gasteiger partial charge >= 0.3 is 0 Å². The van der Waals surface area contributed by atoms with Crippen molar-refractivity contribution in [2.24, 2.45) is 0 Å². The first-order chi connectivity index (χ1) is 13.3. The summed E-state index contributed by atoms with van der Waals surface area (Å²) >= 11 is 3.32. The number of H-pyrrole nitrogens is 1. The minimum absolute atomic E-state index is 0.0988. The summed E-state index contributed by atoms with van der Waals surface area (Å²) in [4.78, 5) is 21.0. The van der Waals surface area contributed by atoms with Crippen LogP contribution in [0.25, 0.3) is 10.9 Å². The number of thiophene rings is 1. The summed E-state index contributed by atoms with van der Waals surface area (Å²) < 4.78 is 2.27. The van der Waals surface area contributed by atoms with E-state index in [1.165, 1.54) is 17.7 Å². The van der Waals surface area contributed by atoms with E-state index in [0.717, 1.165) is 22.9 Å². The minimum atomic E-state index is -0.0988. The second kappa shape index (κ2) is 6.94. The van der Waals surface area contributed by atoms with Crippen molar-refractivity contribution in [1.82, 2.24) is 24.7 Å². The Bertz CT molecular complexity index is 1140. The molecule has 8 heteroatoms. The number of rotatable bonds is 6. The monoisotopic (exact) mass is 395 g/mol. The lowest BCUT2D eigenvalue weighted by atomic mass is 10.2. The van der Waals surface area contributed by atoms with Crippen LogP contribution in [0.2, 0.25) is 0 Å². The molecule has 0 atom stereocenters. The number of aromatic amines is 1. The van der Waals surface area contributed by atoms with E-state index in [2.05, 4.69) is 42.2 Å². The molecule has 4 aromatic rings. The van der Waals surface area contributed by atoms with Gasteiger partial charge in [-0.15, -0.1) is 21.5 Å². The van der Waals surface area contributed by atoms with Crippen LogP contribution in [-0.2, 0) is 12.2 Å². The normalized spacial score (nSPS) is 14.1. The Morgan fingerprint density at radius 2 is 2.07 bits per heavy atom. The average Bonchev–Trinajstić information content (AvgIpc) is 3.23. The van der Waals surface area contributed by atoms with Gasteiger partial charge in [-0.25, -0.2) is 4.98 Å². The summed E-state index contributed by atoms with van der Waals surface area (Å²) in [5.41, 5.74) is 0.622. The zero-order valence-electron chi connectivity index (χ0n) is 14.5.